The molecule has 2 aliphatic heterocycles. The van der Waals surface area contributed by atoms with Crippen molar-refractivity contribution in [3.8, 4) is 0 Å². The van der Waals surface area contributed by atoms with Crippen molar-refractivity contribution >= 4 is 11.8 Å². The fraction of sp³-hybridized carbons (Fsp3) is 0.571. The highest BCUT2D eigenvalue weighted by Crippen LogP contribution is 2.30. The number of aromatic nitrogens is 4. The topological polar surface area (TPSA) is 84.2 Å². The van der Waals surface area contributed by atoms with Crippen LogP contribution in [0.3, 0.4) is 0 Å². The van der Waals surface area contributed by atoms with Gasteiger partial charge in [-0.25, -0.2) is 9.97 Å². The maximum Gasteiger partial charge on any atom is 0.225 e. The van der Waals surface area contributed by atoms with Gasteiger partial charge in [-0.2, -0.15) is 5.10 Å². The number of hydrogen-bond donors (Lipinski definition) is 0. The smallest absolute Gasteiger partial charge is 0.225 e. The monoisotopic (exact) mass is 396 g/mol. The average molecular weight is 396 g/mol. The number of piperidine rings is 1. The second-order valence-electron chi connectivity index (χ2n) is 8.03. The van der Waals surface area contributed by atoms with Gasteiger partial charge >= 0.3 is 0 Å². The van der Waals surface area contributed by atoms with Crippen LogP contribution in [0.1, 0.15) is 68.7 Å². The second kappa shape index (κ2) is 8.31. The summed E-state index contributed by atoms with van der Waals surface area (Å²) in [6.07, 6.45) is 9.64. The van der Waals surface area contributed by atoms with E-state index in [0.29, 0.717) is 19.5 Å². The molecule has 154 valence electrons. The van der Waals surface area contributed by atoms with E-state index in [1.807, 2.05) is 39.9 Å². The molecule has 29 heavy (non-hydrogen) atoms. The van der Waals surface area contributed by atoms with Crippen LogP contribution in [-0.2, 0) is 22.6 Å². The van der Waals surface area contributed by atoms with Gasteiger partial charge in [0.05, 0.1) is 17.8 Å². The molecule has 0 bridgehead atoms. The first-order valence-corrected chi connectivity index (χ1v) is 10.4. The number of fused-ring (bicyclic) bond motifs is 1. The summed E-state index contributed by atoms with van der Waals surface area (Å²) in [7, 11) is 0. The van der Waals surface area contributed by atoms with Crippen LogP contribution < -0.4 is 0 Å². The minimum Gasteiger partial charge on any atom is -0.338 e. The molecule has 4 rings (SSSR count). The fourth-order valence-corrected chi connectivity index (χ4v) is 4.30. The third kappa shape index (κ3) is 4.16. The molecule has 2 atom stereocenters. The van der Waals surface area contributed by atoms with Gasteiger partial charge in [-0.1, -0.05) is 0 Å². The van der Waals surface area contributed by atoms with Crippen LogP contribution in [0.15, 0.2) is 24.7 Å². The van der Waals surface area contributed by atoms with E-state index in [1.165, 1.54) is 0 Å². The van der Waals surface area contributed by atoms with Gasteiger partial charge in [0.2, 0.25) is 11.8 Å². The molecule has 2 amide bonds. The molecule has 0 N–H and O–H groups in total. The van der Waals surface area contributed by atoms with Crippen molar-refractivity contribution in [2.75, 3.05) is 13.1 Å². The van der Waals surface area contributed by atoms with E-state index in [4.69, 9.17) is 4.98 Å². The van der Waals surface area contributed by atoms with E-state index in [2.05, 4.69) is 10.1 Å². The average Bonchev–Trinajstić information content (AvgIpc) is 3.28. The highest BCUT2D eigenvalue weighted by Gasteiger charge is 2.30. The summed E-state index contributed by atoms with van der Waals surface area (Å²) >= 11 is 0. The van der Waals surface area contributed by atoms with Crippen LogP contribution in [0.25, 0.3) is 0 Å². The van der Waals surface area contributed by atoms with Crippen molar-refractivity contribution < 1.29 is 9.59 Å². The Morgan fingerprint density at radius 1 is 1.28 bits per heavy atom. The van der Waals surface area contributed by atoms with E-state index in [9.17, 15) is 9.59 Å². The molecule has 0 aliphatic carbocycles. The number of amides is 2. The summed E-state index contributed by atoms with van der Waals surface area (Å²) in [5.41, 5.74) is 2.01. The lowest BCUT2D eigenvalue weighted by Crippen LogP contribution is -2.39. The summed E-state index contributed by atoms with van der Waals surface area (Å²) in [5, 5.41) is 4.22. The van der Waals surface area contributed by atoms with Gasteiger partial charge in [0.1, 0.15) is 0 Å². The zero-order chi connectivity index (χ0) is 20.4. The predicted octanol–water partition coefficient (Wildman–Crippen LogP) is 2.28. The zero-order valence-electron chi connectivity index (χ0n) is 17.1. The summed E-state index contributed by atoms with van der Waals surface area (Å²) < 4.78 is 1.82. The fourth-order valence-electron chi connectivity index (χ4n) is 4.30. The van der Waals surface area contributed by atoms with Crippen molar-refractivity contribution in [1.29, 1.82) is 0 Å². The van der Waals surface area contributed by atoms with Crippen molar-refractivity contribution in [3.05, 3.63) is 41.7 Å². The number of carbonyl (C=O) groups is 2. The first-order valence-electron chi connectivity index (χ1n) is 10.4. The molecule has 2 aliphatic rings. The Hall–Kier alpha value is -2.77. The Labute approximate surface area is 170 Å². The van der Waals surface area contributed by atoms with Crippen molar-refractivity contribution in [1.82, 2.24) is 29.5 Å². The van der Waals surface area contributed by atoms with E-state index in [0.717, 1.165) is 49.3 Å². The van der Waals surface area contributed by atoms with Gasteiger partial charge in [-0.05, 0) is 32.3 Å². The predicted molar refractivity (Wildman–Crippen MR) is 107 cm³/mol. The zero-order valence-corrected chi connectivity index (χ0v) is 17.1. The van der Waals surface area contributed by atoms with Crippen LogP contribution in [0, 0.1) is 0 Å². The number of hydrogen-bond acceptors (Lipinski definition) is 5. The van der Waals surface area contributed by atoms with Crippen LogP contribution in [-0.4, -0.2) is 54.5 Å². The quantitative estimate of drug-likeness (QED) is 0.792. The normalized spacial score (nSPS) is 20.3. The Balaban J connectivity index is 1.44. The maximum atomic E-state index is 12.7. The minimum atomic E-state index is -0.0267. The number of carbonyl (C=O) groups excluding carboxylic acids is 2. The van der Waals surface area contributed by atoms with Crippen LogP contribution in [0.2, 0.25) is 0 Å². The van der Waals surface area contributed by atoms with Gasteiger partial charge in [-0.3, -0.25) is 14.3 Å². The standard InChI is InChI=1S/C21H28N6O2/c1-15(27-10-5-8-23-27)12-20(29)25-11-7-18-17(14-25)13-22-21(24-18)19-6-3-4-9-26(19)16(2)28/h5,8,10,13,15,19H,3-4,6-7,9,11-12,14H2,1-2H3/t15-,19-/m1/s1. The Kier molecular flexibility index (Phi) is 5.60. The molecular weight excluding hydrogens is 368 g/mol. The number of likely N-dealkylation sites (tertiary alicyclic amines) is 1. The largest absolute Gasteiger partial charge is 0.338 e. The van der Waals surface area contributed by atoms with Crippen LogP contribution in [0.5, 0.6) is 0 Å². The second-order valence-corrected chi connectivity index (χ2v) is 8.03. The van der Waals surface area contributed by atoms with Gasteiger partial charge in [-0.15, -0.1) is 0 Å². The van der Waals surface area contributed by atoms with Crippen LogP contribution >= 0.6 is 0 Å². The summed E-state index contributed by atoms with van der Waals surface area (Å²) in [5.74, 6) is 0.947. The maximum absolute atomic E-state index is 12.7. The molecular formula is C21H28N6O2. The highest BCUT2D eigenvalue weighted by molar-refractivity contribution is 5.77. The third-order valence-electron chi connectivity index (χ3n) is 5.96. The molecule has 1 fully saturated rings. The SMILES string of the molecule is CC(=O)N1CCCC[C@@H]1c1ncc2c(n1)CCN(C(=O)C[C@@H](C)n1cccn1)C2. The molecule has 0 radical (unpaired) electrons. The molecule has 2 aromatic heterocycles. The Morgan fingerprint density at radius 2 is 2.14 bits per heavy atom. The van der Waals surface area contributed by atoms with E-state index >= 15 is 0 Å². The lowest BCUT2D eigenvalue weighted by atomic mass is 10.00. The van der Waals surface area contributed by atoms with E-state index < -0.39 is 0 Å². The molecule has 0 aromatic carbocycles. The molecule has 8 heteroatoms. The molecule has 0 saturated carbocycles. The lowest BCUT2D eigenvalue weighted by molar-refractivity contribution is -0.133. The first-order chi connectivity index (χ1) is 14.0. The molecule has 2 aromatic rings. The first kappa shape index (κ1) is 19.5. The third-order valence-corrected chi connectivity index (χ3v) is 5.96. The summed E-state index contributed by atoms with van der Waals surface area (Å²) in [4.78, 5) is 37.9. The van der Waals surface area contributed by atoms with Gasteiger partial charge < -0.3 is 9.80 Å². The van der Waals surface area contributed by atoms with Crippen LogP contribution in [0.4, 0.5) is 0 Å². The molecule has 1 saturated heterocycles. The van der Waals surface area contributed by atoms with Gasteiger partial charge in [0.15, 0.2) is 5.82 Å². The van der Waals surface area contributed by atoms with Gasteiger partial charge in [0, 0.05) is 63.6 Å². The highest BCUT2D eigenvalue weighted by atomic mass is 16.2. The lowest BCUT2D eigenvalue weighted by Gasteiger charge is -2.35. The summed E-state index contributed by atoms with van der Waals surface area (Å²) in [6, 6.07) is 1.87. The summed E-state index contributed by atoms with van der Waals surface area (Å²) in [6.45, 7) is 5.60. The van der Waals surface area contributed by atoms with E-state index in [-0.39, 0.29) is 23.9 Å². The molecule has 0 unspecified atom stereocenters. The number of nitrogens with zero attached hydrogens (tertiary/aromatic N) is 6. The van der Waals surface area contributed by atoms with Crippen molar-refractivity contribution in [2.45, 2.75) is 64.6 Å². The minimum absolute atomic E-state index is 0.0267. The van der Waals surface area contributed by atoms with E-state index in [1.54, 1.807) is 13.1 Å². The molecule has 4 heterocycles. The molecule has 0 spiro atoms. The Bertz CT molecular complexity index is 881. The van der Waals surface area contributed by atoms with Crippen molar-refractivity contribution in [2.24, 2.45) is 0 Å². The van der Waals surface area contributed by atoms with Crippen molar-refractivity contribution in [3.63, 3.8) is 0 Å². The van der Waals surface area contributed by atoms with Gasteiger partial charge in [0.25, 0.3) is 0 Å². The Morgan fingerprint density at radius 3 is 2.90 bits per heavy atom. The number of rotatable bonds is 4. The molecule has 8 nitrogen and oxygen atoms in total.